The van der Waals surface area contributed by atoms with Crippen molar-refractivity contribution < 1.29 is 4.79 Å². The Kier molecular flexibility index (Phi) is 4.77. The van der Waals surface area contributed by atoms with E-state index in [2.05, 4.69) is 5.32 Å². The maximum Gasteiger partial charge on any atom is 0.251 e. The van der Waals surface area contributed by atoms with Crippen molar-refractivity contribution in [2.24, 2.45) is 5.73 Å². The molecular weight excluding hydrogens is 272 g/mol. The second kappa shape index (κ2) is 6.55. The molecule has 2 aromatic rings. The van der Waals surface area contributed by atoms with Gasteiger partial charge in [-0.05, 0) is 35.7 Å². The van der Waals surface area contributed by atoms with E-state index in [1.807, 2.05) is 31.2 Å². The Labute approximate surface area is 123 Å². The third-order valence-corrected chi connectivity index (χ3v) is 3.63. The first kappa shape index (κ1) is 14.6. The van der Waals surface area contributed by atoms with Crippen molar-refractivity contribution in [2.45, 2.75) is 20.0 Å². The average Bonchev–Trinajstić information content (AvgIpc) is 2.48. The van der Waals surface area contributed by atoms with Crippen molar-refractivity contribution in [3.63, 3.8) is 0 Å². The summed E-state index contributed by atoms with van der Waals surface area (Å²) in [6, 6.07) is 13.2. The summed E-state index contributed by atoms with van der Waals surface area (Å²) in [4.78, 5) is 12.1. The minimum absolute atomic E-state index is 0.118. The number of carbonyl (C=O) groups is 1. The van der Waals surface area contributed by atoms with Crippen molar-refractivity contribution >= 4 is 17.5 Å². The summed E-state index contributed by atoms with van der Waals surface area (Å²) < 4.78 is 0. The molecule has 0 spiro atoms. The van der Waals surface area contributed by atoms with Crippen LogP contribution in [0, 0.1) is 6.92 Å². The molecule has 0 aromatic heterocycles. The number of benzene rings is 2. The number of hydrogen-bond acceptors (Lipinski definition) is 2. The van der Waals surface area contributed by atoms with Crippen LogP contribution in [0.3, 0.4) is 0 Å². The normalized spacial score (nSPS) is 10.3. The standard InChI is InChI=1S/C16H17ClN2O/c1-11-14(3-2-4-15(11)17)16(20)19-10-13-7-5-12(9-18)6-8-13/h2-8H,9-10,18H2,1H3,(H,19,20). The first-order valence-corrected chi connectivity index (χ1v) is 6.81. The van der Waals surface area contributed by atoms with Crippen molar-refractivity contribution in [1.29, 1.82) is 0 Å². The Hall–Kier alpha value is -1.84. The third-order valence-electron chi connectivity index (χ3n) is 3.22. The Bertz CT molecular complexity index is 608. The highest BCUT2D eigenvalue weighted by atomic mass is 35.5. The molecule has 0 saturated carbocycles. The molecule has 4 heteroatoms. The van der Waals surface area contributed by atoms with Crippen LogP contribution in [0.15, 0.2) is 42.5 Å². The van der Waals surface area contributed by atoms with Crippen LogP contribution in [-0.4, -0.2) is 5.91 Å². The Morgan fingerprint density at radius 3 is 2.45 bits per heavy atom. The molecule has 0 fully saturated rings. The van der Waals surface area contributed by atoms with Gasteiger partial charge in [0, 0.05) is 23.7 Å². The number of carbonyl (C=O) groups excluding carboxylic acids is 1. The van der Waals surface area contributed by atoms with Gasteiger partial charge in [-0.25, -0.2) is 0 Å². The van der Waals surface area contributed by atoms with E-state index in [0.717, 1.165) is 16.7 Å². The lowest BCUT2D eigenvalue weighted by atomic mass is 10.1. The maximum absolute atomic E-state index is 12.1. The van der Waals surface area contributed by atoms with Crippen LogP contribution in [0.1, 0.15) is 27.0 Å². The van der Waals surface area contributed by atoms with Gasteiger partial charge in [-0.3, -0.25) is 4.79 Å². The zero-order valence-corrected chi connectivity index (χ0v) is 12.1. The summed E-state index contributed by atoms with van der Waals surface area (Å²) in [6.45, 7) is 2.84. The molecule has 2 aromatic carbocycles. The number of hydrogen-bond donors (Lipinski definition) is 2. The molecule has 104 valence electrons. The number of nitrogens with one attached hydrogen (secondary N) is 1. The summed E-state index contributed by atoms with van der Waals surface area (Å²) in [6.07, 6.45) is 0. The minimum Gasteiger partial charge on any atom is -0.348 e. The fourth-order valence-electron chi connectivity index (χ4n) is 1.92. The topological polar surface area (TPSA) is 55.1 Å². The van der Waals surface area contributed by atoms with Gasteiger partial charge >= 0.3 is 0 Å². The molecule has 0 aliphatic rings. The van der Waals surface area contributed by atoms with Crippen LogP contribution in [-0.2, 0) is 13.1 Å². The molecule has 0 heterocycles. The first-order chi connectivity index (χ1) is 9.61. The monoisotopic (exact) mass is 288 g/mol. The van der Waals surface area contributed by atoms with Crippen LogP contribution >= 0.6 is 11.6 Å². The van der Waals surface area contributed by atoms with E-state index in [1.165, 1.54) is 0 Å². The fraction of sp³-hybridized carbons (Fsp3) is 0.188. The highest BCUT2D eigenvalue weighted by molar-refractivity contribution is 6.31. The number of amides is 1. The molecule has 20 heavy (non-hydrogen) atoms. The van der Waals surface area contributed by atoms with Gasteiger partial charge in [-0.1, -0.05) is 41.9 Å². The SMILES string of the molecule is Cc1c(Cl)cccc1C(=O)NCc1ccc(CN)cc1. The summed E-state index contributed by atoms with van der Waals surface area (Å²) in [5.74, 6) is -0.118. The van der Waals surface area contributed by atoms with Crippen LogP contribution in [0.25, 0.3) is 0 Å². The second-order valence-electron chi connectivity index (χ2n) is 4.62. The van der Waals surface area contributed by atoms with Gasteiger partial charge in [0.25, 0.3) is 5.91 Å². The zero-order valence-electron chi connectivity index (χ0n) is 11.3. The largest absolute Gasteiger partial charge is 0.348 e. The predicted molar refractivity (Wildman–Crippen MR) is 81.7 cm³/mol. The van der Waals surface area contributed by atoms with E-state index in [9.17, 15) is 4.79 Å². The second-order valence-corrected chi connectivity index (χ2v) is 5.02. The van der Waals surface area contributed by atoms with Crippen molar-refractivity contribution in [3.8, 4) is 0 Å². The number of nitrogens with two attached hydrogens (primary N) is 1. The molecule has 0 bridgehead atoms. The molecule has 2 rings (SSSR count). The van der Waals surface area contributed by atoms with Crippen molar-refractivity contribution in [2.75, 3.05) is 0 Å². The quantitative estimate of drug-likeness (QED) is 0.908. The van der Waals surface area contributed by atoms with E-state index in [-0.39, 0.29) is 5.91 Å². The summed E-state index contributed by atoms with van der Waals surface area (Å²) in [5.41, 5.74) is 9.06. The highest BCUT2D eigenvalue weighted by Gasteiger charge is 2.10. The highest BCUT2D eigenvalue weighted by Crippen LogP contribution is 2.18. The Morgan fingerprint density at radius 2 is 1.80 bits per heavy atom. The van der Waals surface area contributed by atoms with Crippen molar-refractivity contribution in [1.82, 2.24) is 5.32 Å². The van der Waals surface area contributed by atoms with Crippen LogP contribution < -0.4 is 11.1 Å². The molecule has 0 unspecified atom stereocenters. The van der Waals surface area contributed by atoms with E-state index in [0.29, 0.717) is 23.7 Å². The fourth-order valence-corrected chi connectivity index (χ4v) is 2.10. The van der Waals surface area contributed by atoms with E-state index >= 15 is 0 Å². The van der Waals surface area contributed by atoms with Crippen LogP contribution in [0.4, 0.5) is 0 Å². The van der Waals surface area contributed by atoms with Gasteiger partial charge in [0.1, 0.15) is 0 Å². The molecule has 0 atom stereocenters. The Morgan fingerprint density at radius 1 is 1.15 bits per heavy atom. The molecule has 0 saturated heterocycles. The van der Waals surface area contributed by atoms with Crippen molar-refractivity contribution in [3.05, 3.63) is 69.7 Å². The summed E-state index contributed by atoms with van der Waals surface area (Å²) in [7, 11) is 0. The first-order valence-electron chi connectivity index (χ1n) is 6.43. The van der Waals surface area contributed by atoms with Gasteiger partial charge in [0.2, 0.25) is 0 Å². The number of halogens is 1. The van der Waals surface area contributed by atoms with E-state index in [1.54, 1.807) is 18.2 Å². The summed E-state index contributed by atoms with van der Waals surface area (Å²) >= 11 is 6.02. The van der Waals surface area contributed by atoms with E-state index in [4.69, 9.17) is 17.3 Å². The molecule has 3 N–H and O–H groups in total. The smallest absolute Gasteiger partial charge is 0.251 e. The number of rotatable bonds is 4. The molecule has 0 aliphatic carbocycles. The lowest BCUT2D eigenvalue weighted by Gasteiger charge is -2.09. The van der Waals surface area contributed by atoms with Gasteiger partial charge in [-0.15, -0.1) is 0 Å². The van der Waals surface area contributed by atoms with Gasteiger partial charge < -0.3 is 11.1 Å². The minimum atomic E-state index is -0.118. The molecule has 0 aliphatic heterocycles. The third kappa shape index (κ3) is 3.38. The zero-order chi connectivity index (χ0) is 14.5. The van der Waals surface area contributed by atoms with Gasteiger partial charge in [0.05, 0.1) is 0 Å². The van der Waals surface area contributed by atoms with Gasteiger partial charge in [0.15, 0.2) is 0 Å². The van der Waals surface area contributed by atoms with E-state index < -0.39 is 0 Å². The lowest BCUT2D eigenvalue weighted by Crippen LogP contribution is -2.23. The van der Waals surface area contributed by atoms with Gasteiger partial charge in [-0.2, -0.15) is 0 Å². The Balaban J connectivity index is 2.02. The molecule has 3 nitrogen and oxygen atoms in total. The molecular formula is C16H17ClN2O. The predicted octanol–water partition coefficient (Wildman–Crippen LogP) is 3.04. The molecule has 0 radical (unpaired) electrons. The van der Waals surface area contributed by atoms with Crippen LogP contribution in [0.5, 0.6) is 0 Å². The summed E-state index contributed by atoms with van der Waals surface area (Å²) in [5, 5.41) is 3.49. The lowest BCUT2D eigenvalue weighted by molar-refractivity contribution is 0.0950. The maximum atomic E-state index is 12.1. The average molecular weight is 289 g/mol. The molecule has 1 amide bonds. The van der Waals surface area contributed by atoms with Crippen LogP contribution in [0.2, 0.25) is 5.02 Å².